The van der Waals surface area contributed by atoms with Gasteiger partial charge in [-0.05, 0) is 18.2 Å². The molecular weight excluding hydrogens is 188 g/mol. The molecule has 0 fully saturated rings. The number of H-pyrrole nitrogens is 1. The van der Waals surface area contributed by atoms with Crippen LogP contribution < -0.4 is 5.32 Å². The average Bonchev–Trinajstić information content (AvgIpc) is 2.79. The highest BCUT2D eigenvalue weighted by molar-refractivity contribution is 5.50. The lowest BCUT2D eigenvalue weighted by atomic mass is 10.2. The molecule has 0 radical (unpaired) electrons. The predicted molar refractivity (Wildman–Crippen MR) is 60.5 cm³/mol. The van der Waals surface area contributed by atoms with Crippen molar-refractivity contribution in [2.45, 2.75) is 13.2 Å². The van der Waals surface area contributed by atoms with E-state index in [0.717, 1.165) is 23.5 Å². The summed E-state index contributed by atoms with van der Waals surface area (Å²) in [6.07, 6.45) is 1.90. The number of anilines is 1. The number of aliphatic hydroxyl groups excluding tert-OH is 1. The molecule has 0 spiro atoms. The number of rotatable bonds is 4. The molecule has 0 atom stereocenters. The fourth-order valence-corrected chi connectivity index (χ4v) is 1.50. The van der Waals surface area contributed by atoms with Crippen molar-refractivity contribution in [1.29, 1.82) is 0 Å². The number of aromatic nitrogens is 1. The van der Waals surface area contributed by atoms with Crippen LogP contribution in [-0.4, -0.2) is 10.1 Å². The summed E-state index contributed by atoms with van der Waals surface area (Å²) in [5.74, 6) is 0. The second kappa shape index (κ2) is 4.66. The molecule has 0 saturated carbocycles. The lowest BCUT2D eigenvalue weighted by molar-refractivity contribution is 0.282. The van der Waals surface area contributed by atoms with Crippen LogP contribution in [0.1, 0.15) is 11.3 Å². The zero-order valence-electron chi connectivity index (χ0n) is 8.40. The van der Waals surface area contributed by atoms with Gasteiger partial charge in [0.2, 0.25) is 0 Å². The van der Waals surface area contributed by atoms with Crippen molar-refractivity contribution in [1.82, 2.24) is 4.98 Å². The van der Waals surface area contributed by atoms with E-state index in [1.54, 1.807) is 0 Å². The second-order valence-corrected chi connectivity index (χ2v) is 3.36. The number of para-hydroxylation sites is 1. The highest BCUT2D eigenvalue weighted by Crippen LogP contribution is 2.15. The van der Waals surface area contributed by atoms with Gasteiger partial charge in [0.15, 0.2) is 0 Å². The standard InChI is InChI=1S/C12H14N2O/c15-9-10-4-1-2-6-12(10)14-8-11-5-3-7-13-11/h1-7,13-15H,8-9H2. The minimum absolute atomic E-state index is 0.0634. The van der Waals surface area contributed by atoms with E-state index < -0.39 is 0 Å². The normalized spacial score (nSPS) is 10.2. The largest absolute Gasteiger partial charge is 0.392 e. The van der Waals surface area contributed by atoms with E-state index in [1.807, 2.05) is 42.6 Å². The molecule has 0 bridgehead atoms. The molecule has 0 aliphatic heterocycles. The van der Waals surface area contributed by atoms with Gasteiger partial charge in [0.25, 0.3) is 0 Å². The molecule has 1 aromatic heterocycles. The Morgan fingerprint density at radius 3 is 2.73 bits per heavy atom. The summed E-state index contributed by atoms with van der Waals surface area (Å²) in [5.41, 5.74) is 3.03. The zero-order chi connectivity index (χ0) is 10.5. The number of aromatic amines is 1. The third-order valence-electron chi connectivity index (χ3n) is 2.32. The molecular formula is C12H14N2O. The maximum atomic E-state index is 9.13. The first-order valence-corrected chi connectivity index (χ1v) is 4.95. The van der Waals surface area contributed by atoms with Crippen LogP contribution in [0.2, 0.25) is 0 Å². The summed E-state index contributed by atoms with van der Waals surface area (Å²) in [7, 11) is 0. The van der Waals surface area contributed by atoms with Crippen molar-refractivity contribution in [3.8, 4) is 0 Å². The smallest absolute Gasteiger partial charge is 0.0701 e. The van der Waals surface area contributed by atoms with Crippen molar-refractivity contribution >= 4 is 5.69 Å². The van der Waals surface area contributed by atoms with E-state index in [-0.39, 0.29) is 6.61 Å². The molecule has 78 valence electrons. The number of hydrogen-bond acceptors (Lipinski definition) is 2. The third-order valence-corrected chi connectivity index (χ3v) is 2.32. The summed E-state index contributed by atoms with van der Waals surface area (Å²) < 4.78 is 0. The highest BCUT2D eigenvalue weighted by atomic mass is 16.3. The molecule has 0 amide bonds. The number of nitrogens with one attached hydrogen (secondary N) is 2. The number of hydrogen-bond donors (Lipinski definition) is 3. The Bertz CT molecular complexity index is 409. The van der Waals surface area contributed by atoms with Crippen molar-refractivity contribution in [3.05, 3.63) is 53.9 Å². The van der Waals surface area contributed by atoms with Gasteiger partial charge in [0.1, 0.15) is 0 Å². The lowest BCUT2D eigenvalue weighted by Crippen LogP contribution is -2.02. The van der Waals surface area contributed by atoms with Gasteiger partial charge in [0.05, 0.1) is 13.2 Å². The summed E-state index contributed by atoms with van der Waals surface area (Å²) in [6.45, 7) is 0.803. The highest BCUT2D eigenvalue weighted by Gasteiger charge is 1.99. The SMILES string of the molecule is OCc1ccccc1NCc1ccc[nH]1. The van der Waals surface area contributed by atoms with Crippen LogP contribution in [-0.2, 0) is 13.2 Å². The molecule has 1 aromatic carbocycles. The Kier molecular flexibility index (Phi) is 3.05. The van der Waals surface area contributed by atoms with Gasteiger partial charge in [-0.3, -0.25) is 0 Å². The van der Waals surface area contributed by atoms with Gasteiger partial charge < -0.3 is 15.4 Å². The van der Waals surface area contributed by atoms with E-state index in [1.165, 1.54) is 0 Å². The van der Waals surface area contributed by atoms with Gasteiger partial charge in [-0.25, -0.2) is 0 Å². The van der Waals surface area contributed by atoms with Gasteiger partial charge in [-0.2, -0.15) is 0 Å². The Morgan fingerprint density at radius 1 is 1.13 bits per heavy atom. The first-order valence-electron chi connectivity index (χ1n) is 4.95. The van der Waals surface area contributed by atoms with E-state index in [2.05, 4.69) is 10.3 Å². The molecule has 0 aliphatic rings. The quantitative estimate of drug-likeness (QED) is 0.711. The van der Waals surface area contributed by atoms with Crippen LogP contribution in [0.25, 0.3) is 0 Å². The van der Waals surface area contributed by atoms with Crippen molar-refractivity contribution in [2.75, 3.05) is 5.32 Å². The van der Waals surface area contributed by atoms with Gasteiger partial charge in [-0.15, -0.1) is 0 Å². The van der Waals surface area contributed by atoms with Crippen LogP contribution >= 0.6 is 0 Å². The molecule has 3 heteroatoms. The summed E-state index contributed by atoms with van der Waals surface area (Å²) >= 11 is 0. The van der Waals surface area contributed by atoms with Crippen LogP contribution in [0.15, 0.2) is 42.6 Å². The first-order chi connectivity index (χ1) is 7.40. The first kappa shape index (κ1) is 9.80. The van der Waals surface area contributed by atoms with Crippen molar-refractivity contribution < 1.29 is 5.11 Å². The van der Waals surface area contributed by atoms with E-state index in [4.69, 9.17) is 5.11 Å². The van der Waals surface area contributed by atoms with Crippen molar-refractivity contribution in [2.24, 2.45) is 0 Å². The Labute approximate surface area is 88.8 Å². The van der Waals surface area contributed by atoms with E-state index >= 15 is 0 Å². The Balaban J connectivity index is 2.04. The predicted octanol–water partition coefficient (Wildman–Crippen LogP) is 2.12. The number of aliphatic hydroxyl groups is 1. The van der Waals surface area contributed by atoms with Crippen molar-refractivity contribution in [3.63, 3.8) is 0 Å². The van der Waals surface area contributed by atoms with Gasteiger partial charge in [-0.1, -0.05) is 18.2 Å². The monoisotopic (exact) mass is 202 g/mol. The second-order valence-electron chi connectivity index (χ2n) is 3.36. The van der Waals surface area contributed by atoms with Gasteiger partial charge in [0, 0.05) is 23.1 Å². The minimum atomic E-state index is 0.0634. The Morgan fingerprint density at radius 2 is 2.00 bits per heavy atom. The average molecular weight is 202 g/mol. The summed E-state index contributed by atoms with van der Waals surface area (Å²) in [4.78, 5) is 3.12. The topological polar surface area (TPSA) is 48.0 Å². The summed E-state index contributed by atoms with van der Waals surface area (Å²) in [5, 5.41) is 12.4. The number of benzene rings is 1. The van der Waals surface area contributed by atoms with Crippen LogP contribution in [0.3, 0.4) is 0 Å². The molecule has 2 aromatic rings. The fraction of sp³-hybridized carbons (Fsp3) is 0.167. The maximum absolute atomic E-state index is 9.13. The lowest BCUT2D eigenvalue weighted by Gasteiger charge is -2.09. The van der Waals surface area contributed by atoms with Crippen LogP contribution in [0.4, 0.5) is 5.69 Å². The molecule has 0 aliphatic carbocycles. The zero-order valence-corrected chi connectivity index (χ0v) is 8.40. The van der Waals surface area contributed by atoms with E-state index in [0.29, 0.717) is 0 Å². The summed E-state index contributed by atoms with van der Waals surface area (Å²) in [6, 6.07) is 11.7. The van der Waals surface area contributed by atoms with Crippen LogP contribution in [0.5, 0.6) is 0 Å². The molecule has 1 heterocycles. The molecule has 3 N–H and O–H groups in total. The van der Waals surface area contributed by atoms with E-state index in [9.17, 15) is 0 Å². The van der Waals surface area contributed by atoms with Gasteiger partial charge >= 0.3 is 0 Å². The fourth-order valence-electron chi connectivity index (χ4n) is 1.50. The maximum Gasteiger partial charge on any atom is 0.0701 e. The molecule has 2 rings (SSSR count). The minimum Gasteiger partial charge on any atom is -0.392 e. The molecule has 0 unspecified atom stereocenters. The molecule has 3 nitrogen and oxygen atoms in total. The van der Waals surface area contributed by atoms with Crippen LogP contribution in [0, 0.1) is 0 Å². The Hall–Kier alpha value is -1.74. The molecule has 15 heavy (non-hydrogen) atoms. The third kappa shape index (κ3) is 2.39. The molecule has 0 saturated heterocycles.